The van der Waals surface area contributed by atoms with Crippen LogP contribution in [0.2, 0.25) is 0 Å². The van der Waals surface area contributed by atoms with Gasteiger partial charge in [-0.2, -0.15) is 26.3 Å². The zero-order chi connectivity index (χ0) is 13.9. The molecular formula is C7H7BrCl2F6O. The molecule has 2 atom stereocenters. The number of hydrogen-bond acceptors (Lipinski definition) is 1. The van der Waals surface area contributed by atoms with Crippen molar-refractivity contribution in [2.24, 2.45) is 0 Å². The van der Waals surface area contributed by atoms with E-state index in [1.807, 2.05) is 0 Å². The van der Waals surface area contributed by atoms with E-state index in [0.717, 1.165) is 0 Å². The summed E-state index contributed by atoms with van der Waals surface area (Å²) in [4.78, 5) is -0.908. The van der Waals surface area contributed by atoms with E-state index in [2.05, 4.69) is 20.7 Å². The molecule has 1 nitrogen and oxygen atoms in total. The maximum absolute atomic E-state index is 12.1. The molecule has 0 aliphatic rings. The van der Waals surface area contributed by atoms with E-state index < -0.39 is 35.3 Å². The fraction of sp³-hybridized carbons (Fsp3) is 1.00. The lowest BCUT2D eigenvalue weighted by Crippen LogP contribution is -2.48. The average Bonchev–Trinajstić information content (AvgIpc) is 2.14. The highest BCUT2D eigenvalue weighted by Crippen LogP contribution is 2.37. The molecule has 0 amide bonds. The molecular weight excluding hydrogens is 365 g/mol. The molecule has 0 spiro atoms. The summed E-state index contributed by atoms with van der Waals surface area (Å²) in [5.74, 6) is -0.787. The Hall–Kier alpha value is 0.600. The first-order valence-corrected chi connectivity index (χ1v) is 6.07. The third-order valence-corrected chi connectivity index (χ3v) is 3.53. The molecule has 0 aliphatic carbocycles. The predicted octanol–water partition coefficient (Wildman–Crippen LogP) is 4.11. The Kier molecular flexibility index (Phi) is 6.91. The highest BCUT2D eigenvalue weighted by Gasteiger charge is 2.59. The van der Waals surface area contributed by atoms with Crippen molar-refractivity contribution in [3.05, 3.63) is 0 Å². The summed E-state index contributed by atoms with van der Waals surface area (Å²) in [5, 5.41) is 0. The van der Waals surface area contributed by atoms with E-state index in [-0.39, 0.29) is 5.88 Å². The number of rotatable bonds is 5. The molecule has 0 saturated carbocycles. The van der Waals surface area contributed by atoms with Gasteiger partial charge >= 0.3 is 12.4 Å². The van der Waals surface area contributed by atoms with Gasteiger partial charge in [-0.15, -0.1) is 23.2 Å². The van der Waals surface area contributed by atoms with Gasteiger partial charge in [0.1, 0.15) is 0 Å². The van der Waals surface area contributed by atoms with Crippen LogP contribution in [0.5, 0.6) is 0 Å². The molecule has 0 heterocycles. The second kappa shape index (κ2) is 6.68. The summed E-state index contributed by atoms with van der Waals surface area (Å²) in [5.41, 5.74) is 0. The van der Waals surface area contributed by atoms with Crippen molar-refractivity contribution < 1.29 is 31.1 Å². The van der Waals surface area contributed by atoms with E-state index in [1.165, 1.54) is 0 Å². The minimum atomic E-state index is -5.55. The predicted molar refractivity (Wildman–Crippen MR) is 54.9 cm³/mol. The highest BCUT2D eigenvalue weighted by atomic mass is 79.9. The molecule has 0 rings (SSSR count). The fourth-order valence-corrected chi connectivity index (χ4v) is 1.85. The molecule has 17 heavy (non-hydrogen) atoms. The van der Waals surface area contributed by atoms with Gasteiger partial charge in [0.2, 0.25) is 6.10 Å². The fourth-order valence-electron chi connectivity index (χ4n) is 0.832. The molecule has 0 aromatic carbocycles. The first kappa shape index (κ1) is 17.6. The largest absolute Gasteiger partial charge is 0.423 e. The van der Waals surface area contributed by atoms with Crippen molar-refractivity contribution >= 4 is 39.1 Å². The lowest BCUT2D eigenvalue weighted by atomic mass is 10.2. The van der Waals surface area contributed by atoms with Gasteiger partial charge in [-0.25, -0.2) is 0 Å². The van der Waals surface area contributed by atoms with E-state index in [1.54, 1.807) is 0 Å². The Labute approximate surface area is 112 Å². The minimum Gasteiger partial charge on any atom is -0.355 e. The van der Waals surface area contributed by atoms with E-state index in [4.69, 9.17) is 23.2 Å². The van der Waals surface area contributed by atoms with Gasteiger partial charge in [-0.3, -0.25) is 0 Å². The second-order valence-electron chi connectivity index (χ2n) is 2.96. The Bertz CT molecular complexity index is 219. The standard InChI is InChI=1S/C7H7BrCl2F6O/c8-3(1-9)4(2-10)17-5(6(11,12)13)7(14,15)16/h3-5H,1-2H2. The Balaban J connectivity index is 4.87. The smallest absolute Gasteiger partial charge is 0.355 e. The summed E-state index contributed by atoms with van der Waals surface area (Å²) < 4.78 is 76.8. The lowest BCUT2D eigenvalue weighted by molar-refractivity contribution is -0.329. The van der Waals surface area contributed by atoms with E-state index in [0.29, 0.717) is 0 Å². The lowest BCUT2D eigenvalue weighted by Gasteiger charge is -2.28. The molecule has 0 fully saturated rings. The molecule has 0 aromatic rings. The summed E-state index contributed by atoms with van der Waals surface area (Å²) >= 11 is 13.3. The van der Waals surface area contributed by atoms with Crippen molar-refractivity contribution in [3.8, 4) is 0 Å². The van der Waals surface area contributed by atoms with Gasteiger partial charge in [0.25, 0.3) is 0 Å². The van der Waals surface area contributed by atoms with E-state index in [9.17, 15) is 26.3 Å². The first-order chi connectivity index (χ1) is 7.54. The molecule has 0 radical (unpaired) electrons. The molecule has 104 valence electrons. The Morgan fingerprint density at radius 1 is 0.941 bits per heavy atom. The van der Waals surface area contributed by atoms with Crippen LogP contribution in [0.3, 0.4) is 0 Å². The van der Waals surface area contributed by atoms with Crippen LogP contribution in [0.1, 0.15) is 0 Å². The average molecular weight is 372 g/mol. The Morgan fingerprint density at radius 2 is 1.35 bits per heavy atom. The topological polar surface area (TPSA) is 9.23 Å². The van der Waals surface area contributed by atoms with Crippen LogP contribution in [0.4, 0.5) is 26.3 Å². The van der Waals surface area contributed by atoms with Crippen LogP contribution in [0, 0.1) is 0 Å². The maximum Gasteiger partial charge on any atom is 0.423 e. The molecule has 10 heteroatoms. The number of ether oxygens (including phenoxy) is 1. The van der Waals surface area contributed by atoms with Crippen molar-refractivity contribution in [3.63, 3.8) is 0 Å². The molecule has 0 saturated heterocycles. The molecule has 2 unspecified atom stereocenters. The highest BCUT2D eigenvalue weighted by molar-refractivity contribution is 9.09. The normalized spacial score (nSPS) is 17.3. The van der Waals surface area contributed by atoms with Crippen LogP contribution in [-0.4, -0.2) is 41.1 Å². The molecule has 0 aromatic heterocycles. The quantitative estimate of drug-likeness (QED) is 0.522. The van der Waals surface area contributed by atoms with Gasteiger partial charge in [0.15, 0.2) is 0 Å². The minimum absolute atomic E-state index is 0.236. The monoisotopic (exact) mass is 370 g/mol. The van der Waals surface area contributed by atoms with Gasteiger partial charge in [0.05, 0.1) is 10.9 Å². The molecule has 0 bridgehead atoms. The van der Waals surface area contributed by atoms with Crippen molar-refractivity contribution in [2.45, 2.75) is 29.4 Å². The zero-order valence-corrected chi connectivity index (χ0v) is 11.1. The van der Waals surface area contributed by atoms with E-state index >= 15 is 0 Å². The summed E-state index contributed by atoms with van der Waals surface area (Å²) in [7, 11) is 0. The van der Waals surface area contributed by atoms with Crippen molar-refractivity contribution in [2.75, 3.05) is 11.8 Å². The van der Waals surface area contributed by atoms with Gasteiger partial charge in [-0.1, -0.05) is 15.9 Å². The number of alkyl halides is 9. The SMILES string of the molecule is FC(F)(F)C(OC(CCl)C(Br)CCl)C(F)(F)F. The number of hydrogen-bond donors (Lipinski definition) is 0. The zero-order valence-electron chi connectivity index (χ0n) is 7.96. The van der Waals surface area contributed by atoms with Gasteiger partial charge in [0, 0.05) is 11.8 Å². The van der Waals surface area contributed by atoms with Crippen LogP contribution in [-0.2, 0) is 4.74 Å². The Morgan fingerprint density at radius 3 is 1.59 bits per heavy atom. The maximum atomic E-state index is 12.1. The summed E-state index contributed by atoms with van der Waals surface area (Å²) in [6, 6.07) is 0. The van der Waals surface area contributed by atoms with Crippen molar-refractivity contribution in [1.29, 1.82) is 0 Å². The van der Waals surface area contributed by atoms with Crippen molar-refractivity contribution in [1.82, 2.24) is 0 Å². The number of halogens is 9. The second-order valence-corrected chi connectivity index (χ2v) is 4.76. The van der Waals surface area contributed by atoms with Crippen LogP contribution in [0.25, 0.3) is 0 Å². The van der Waals surface area contributed by atoms with Gasteiger partial charge in [-0.05, 0) is 0 Å². The summed E-state index contributed by atoms with van der Waals surface area (Å²) in [6.07, 6.45) is -16.5. The molecule has 0 aliphatic heterocycles. The van der Waals surface area contributed by atoms with Crippen LogP contribution < -0.4 is 0 Å². The molecule has 0 N–H and O–H groups in total. The third-order valence-electron chi connectivity index (χ3n) is 1.61. The van der Waals surface area contributed by atoms with Gasteiger partial charge < -0.3 is 4.74 Å². The first-order valence-electron chi connectivity index (χ1n) is 4.09. The van der Waals surface area contributed by atoms with Crippen LogP contribution >= 0.6 is 39.1 Å². The van der Waals surface area contributed by atoms with Crippen LogP contribution in [0.15, 0.2) is 0 Å². The summed E-state index contributed by atoms with van der Waals surface area (Å²) in [6.45, 7) is 0. The third kappa shape index (κ3) is 5.85.